The first kappa shape index (κ1) is 11.6. The second kappa shape index (κ2) is 4.55. The number of nitrogens with zero attached hydrogens (tertiary/aromatic N) is 1. The van der Waals surface area contributed by atoms with E-state index >= 15 is 0 Å². The molecule has 0 unspecified atom stereocenters. The van der Waals surface area contributed by atoms with Gasteiger partial charge in [0.2, 0.25) is 5.88 Å². The fourth-order valence-corrected chi connectivity index (χ4v) is 2.38. The van der Waals surface area contributed by atoms with Crippen LogP contribution in [0.15, 0.2) is 24.3 Å². The molecule has 0 saturated heterocycles. The van der Waals surface area contributed by atoms with E-state index in [4.69, 9.17) is 0 Å². The molecule has 1 aromatic heterocycles. The smallest absolute Gasteiger partial charge is 0.233 e. The number of benzene rings is 1. The van der Waals surface area contributed by atoms with E-state index in [0.29, 0.717) is 17.0 Å². The molecule has 0 bridgehead atoms. The minimum absolute atomic E-state index is 0.126. The highest BCUT2D eigenvalue weighted by Crippen LogP contribution is 2.33. The zero-order valence-electron chi connectivity index (χ0n) is 9.17. The quantitative estimate of drug-likeness (QED) is 0.820. The van der Waals surface area contributed by atoms with Crippen LogP contribution in [0.1, 0.15) is 23.0 Å². The SMILES string of the molecule is CCC(=O)c1sc(-c2cccc(O)c2)nc1O. The first-order chi connectivity index (χ1) is 8.11. The van der Waals surface area contributed by atoms with Gasteiger partial charge in [-0.25, -0.2) is 4.98 Å². The lowest BCUT2D eigenvalue weighted by atomic mass is 10.2. The van der Waals surface area contributed by atoms with Crippen LogP contribution in [-0.2, 0) is 0 Å². The molecule has 0 atom stereocenters. The summed E-state index contributed by atoms with van der Waals surface area (Å²) in [6, 6.07) is 6.54. The number of hydrogen-bond donors (Lipinski definition) is 2. The number of rotatable bonds is 3. The molecule has 2 aromatic rings. The number of aromatic hydroxyl groups is 2. The summed E-state index contributed by atoms with van der Waals surface area (Å²) < 4.78 is 0. The molecule has 1 heterocycles. The van der Waals surface area contributed by atoms with Crippen LogP contribution in [-0.4, -0.2) is 21.0 Å². The standard InChI is InChI=1S/C12H11NO3S/c1-2-9(15)10-11(16)13-12(17-10)7-4-3-5-8(14)6-7/h3-6,14,16H,2H2,1H3. The van der Waals surface area contributed by atoms with Gasteiger partial charge in [0.25, 0.3) is 0 Å². The van der Waals surface area contributed by atoms with Gasteiger partial charge in [0.05, 0.1) is 0 Å². The molecule has 0 radical (unpaired) electrons. The van der Waals surface area contributed by atoms with Crippen LogP contribution in [0.3, 0.4) is 0 Å². The van der Waals surface area contributed by atoms with E-state index in [-0.39, 0.29) is 22.3 Å². The molecule has 0 saturated carbocycles. The van der Waals surface area contributed by atoms with Crippen molar-refractivity contribution in [2.24, 2.45) is 0 Å². The summed E-state index contributed by atoms with van der Waals surface area (Å²) in [5.41, 5.74) is 0.681. The average molecular weight is 249 g/mol. The molecule has 0 fully saturated rings. The van der Waals surface area contributed by atoms with E-state index in [1.54, 1.807) is 31.2 Å². The Bertz CT molecular complexity index is 563. The molecule has 4 nitrogen and oxygen atoms in total. The highest BCUT2D eigenvalue weighted by atomic mass is 32.1. The topological polar surface area (TPSA) is 70.4 Å². The normalized spacial score (nSPS) is 10.4. The number of carbonyl (C=O) groups is 1. The zero-order valence-corrected chi connectivity index (χ0v) is 9.99. The van der Waals surface area contributed by atoms with E-state index in [2.05, 4.69) is 4.98 Å². The van der Waals surface area contributed by atoms with Crippen molar-refractivity contribution in [3.8, 4) is 22.2 Å². The summed E-state index contributed by atoms with van der Waals surface area (Å²) in [5, 5.41) is 19.5. The Morgan fingerprint density at radius 2 is 2.18 bits per heavy atom. The zero-order chi connectivity index (χ0) is 12.4. The lowest BCUT2D eigenvalue weighted by Gasteiger charge is -1.95. The molecule has 17 heavy (non-hydrogen) atoms. The monoisotopic (exact) mass is 249 g/mol. The fraction of sp³-hybridized carbons (Fsp3) is 0.167. The van der Waals surface area contributed by atoms with Gasteiger partial charge < -0.3 is 10.2 Å². The van der Waals surface area contributed by atoms with Crippen LogP contribution < -0.4 is 0 Å². The highest BCUT2D eigenvalue weighted by molar-refractivity contribution is 7.17. The van der Waals surface area contributed by atoms with Gasteiger partial charge in [0.15, 0.2) is 5.78 Å². The Balaban J connectivity index is 2.44. The first-order valence-corrected chi connectivity index (χ1v) is 5.96. The van der Waals surface area contributed by atoms with Crippen LogP contribution in [0.2, 0.25) is 0 Å². The second-order valence-corrected chi connectivity index (χ2v) is 4.50. The van der Waals surface area contributed by atoms with Crippen molar-refractivity contribution in [3.63, 3.8) is 0 Å². The number of ketones is 1. The summed E-state index contributed by atoms with van der Waals surface area (Å²) in [6.07, 6.45) is 0.329. The molecular formula is C12H11NO3S. The number of phenolic OH excluding ortho intramolecular Hbond substituents is 1. The molecule has 88 valence electrons. The lowest BCUT2D eigenvalue weighted by molar-refractivity contribution is 0.0989. The van der Waals surface area contributed by atoms with Gasteiger partial charge in [-0.15, -0.1) is 11.3 Å². The molecule has 1 aromatic carbocycles. The summed E-state index contributed by atoms with van der Waals surface area (Å²) in [5.74, 6) is -0.243. The van der Waals surface area contributed by atoms with Crippen molar-refractivity contribution in [2.45, 2.75) is 13.3 Å². The third-order valence-corrected chi connectivity index (χ3v) is 3.41. The number of thiazole rings is 1. The van der Waals surface area contributed by atoms with E-state index in [1.807, 2.05) is 0 Å². The Hall–Kier alpha value is -1.88. The van der Waals surface area contributed by atoms with Gasteiger partial charge in [-0.2, -0.15) is 0 Å². The van der Waals surface area contributed by atoms with Crippen molar-refractivity contribution in [3.05, 3.63) is 29.1 Å². The third-order valence-electron chi connectivity index (χ3n) is 2.28. The van der Waals surface area contributed by atoms with Gasteiger partial charge in [-0.05, 0) is 12.1 Å². The maximum atomic E-state index is 11.5. The predicted octanol–water partition coefficient (Wildman–Crippen LogP) is 2.81. The van der Waals surface area contributed by atoms with Crippen LogP contribution in [0.5, 0.6) is 11.6 Å². The summed E-state index contributed by atoms with van der Waals surface area (Å²) >= 11 is 1.13. The van der Waals surface area contributed by atoms with Crippen molar-refractivity contribution in [1.29, 1.82) is 0 Å². The minimum Gasteiger partial charge on any atom is -0.508 e. The van der Waals surface area contributed by atoms with Crippen molar-refractivity contribution < 1.29 is 15.0 Å². The number of aromatic nitrogens is 1. The van der Waals surface area contributed by atoms with Gasteiger partial charge in [-0.3, -0.25) is 4.79 Å². The Kier molecular flexibility index (Phi) is 3.10. The summed E-state index contributed by atoms with van der Waals surface area (Å²) in [7, 11) is 0. The molecular weight excluding hydrogens is 238 g/mol. The highest BCUT2D eigenvalue weighted by Gasteiger charge is 2.17. The Morgan fingerprint density at radius 3 is 2.82 bits per heavy atom. The molecule has 0 aliphatic carbocycles. The Morgan fingerprint density at radius 1 is 1.41 bits per heavy atom. The van der Waals surface area contributed by atoms with E-state index < -0.39 is 0 Å². The lowest BCUT2D eigenvalue weighted by Crippen LogP contribution is -1.92. The predicted molar refractivity (Wildman–Crippen MR) is 65.5 cm³/mol. The number of hydrogen-bond acceptors (Lipinski definition) is 5. The van der Waals surface area contributed by atoms with Crippen LogP contribution in [0, 0.1) is 0 Å². The van der Waals surface area contributed by atoms with Crippen molar-refractivity contribution in [2.75, 3.05) is 0 Å². The molecule has 5 heteroatoms. The first-order valence-electron chi connectivity index (χ1n) is 5.14. The summed E-state index contributed by atoms with van der Waals surface area (Å²) in [4.78, 5) is 15.7. The largest absolute Gasteiger partial charge is 0.508 e. The molecule has 2 rings (SSSR count). The van der Waals surface area contributed by atoms with Gasteiger partial charge in [-0.1, -0.05) is 19.1 Å². The van der Waals surface area contributed by atoms with E-state index in [1.165, 1.54) is 0 Å². The molecule has 0 aliphatic heterocycles. The fourth-order valence-electron chi connectivity index (χ4n) is 1.42. The molecule has 2 N–H and O–H groups in total. The Labute approximate surface area is 102 Å². The van der Waals surface area contributed by atoms with Crippen molar-refractivity contribution in [1.82, 2.24) is 4.98 Å². The second-order valence-electron chi connectivity index (χ2n) is 3.50. The number of carbonyl (C=O) groups excluding carboxylic acids is 1. The molecule has 0 aliphatic rings. The van der Waals surface area contributed by atoms with Crippen LogP contribution >= 0.6 is 11.3 Å². The molecule has 0 amide bonds. The minimum atomic E-state index is -0.236. The van der Waals surface area contributed by atoms with Gasteiger partial charge >= 0.3 is 0 Å². The van der Waals surface area contributed by atoms with Crippen LogP contribution in [0.4, 0.5) is 0 Å². The number of Topliss-reactive ketones (excluding diaryl/α,β-unsaturated/α-hetero) is 1. The van der Waals surface area contributed by atoms with Gasteiger partial charge in [0, 0.05) is 12.0 Å². The maximum Gasteiger partial charge on any atom is 0.233 e. The maximum absolute atomic E-state index is 11.5. The average Bonchev–Trinajstić information content (AvgIpc) is 2.70. The van der Waals surface area contributed by atoms with Crippen molar-refractivity contribution >= 4 is 17.1 Å². The van der Waals surface area contributed by atoms with E-state index in [9.17, 15) is 15.0 Å². The number of phenols is 1. The van der Waals surface area contributed by atoms with Crippen LogP contribution in [0.25, 0.3) is 10.6 Å². The summed E-state index contributed by atoms with van der Waals surface area (Å²) in [6.45, 7) is 1.73. The third kappa shape index (κ3) is 2.29. The molecule has 0 spiro atoms. The van der Waals surface area contributed by atoms with Gasteiger partial charge in [0.1, 0.15) is 15.6 Å². The van der Waals surface area contributed by atoms with E-state index in [0.717, 1.165) is 11.3 Å².